The molecule has 0 aliphatic carbocycles. The number of fused-ring (bicyclic) bond motifs is 1. The van der Waals surface area contributed by atoms with E-state index in [0.717, 1.165) is 52.9 Å². The van der Waals surface area contributed by atoms with Crippen molar-refractivity contribution in [2.45, 2.75) is 20.4 Å². The van der Waals surface area contributed by atoms with Crippen molar-refractivity contribution in [1.82, 2.24) is 14.8 Å². The van der Waals surface area contributed by atoms with Gasteiger partial charge in [-0.15, -0.1) is 0 Å². The first-order valence-corrected chi connectivity index (χ1v) is 12.3. The van der Waals surface area contributed by atoms with Crippen LogP contribution in [0.4, 0.5) is 0 Å². The van der Waals surface area contributed by atoms with Crippen molar-refractivity contribution < 1.29 is 13.9 Å². The fourth-order valence-electron chi connectivity index (χ4n) is 4.72. The Morgan fingerprint density at radius 3 is 2.47 bits per heavy atom. The molecule has 1 fully saturated rings. The third-order valence-electron chi connectivity index (χ3n) is 6.86. The molecule has 6 heteroatoms. The van der Waals surface area contributed by atoms with Gasteiger partial charge < -0.3 is 14.1 Å². The predicted octanol–water partition coefficient (Wildman–Crippen LogP) is 5.56. The lowest BCUT2D eigenvalue weighted by atomic mass is 9.98. The smallest absolute Gasteiger partial charge is 0.246 e. The molecule has 0 N–H and O–H groups in total. The highest BCUT2D eigenvalue weighted by atomic mass is 16.5. The van der Waals surface area contributed by atoms with Crippen LogP contribution in [0, 0.1) is 6.92 Å². The van der Waals surface area contributed by atoms with Gasteiger partial charge in [0.25, 0.3) is 0 Å². The zero-order valence-electron chi connectivity index (χ0n) is 21.0. The number of hydrogen-bond donors (Lipinski definition) is 0. The molecule has 36 heavy (non-hydrogen) atoms. The summed E-state index contributed by atoms with van der Waals surface area (Å²) in [6.45, 7) is 8.05. The Kier molecular flexibility index (Phi) is 6.87. The topological polar surface area (TPSA) is 58.8 Å². The first-order chi connectivity index (χ1) is 17.5. The minimum atomic E-state index is 0.0316. The second-order valence-corrected chi connectivity index (χ2v) is 9.35. The molecule has 0 bridgehead atoms. The number of furan rings is 1. The Morgan fingerprint density at radius 1 is 1.06 bits per heavy atom. The van der Waals surface area contributed by atoms with E-state index in [1.807, 2.05) is 42.4 Å². The Labute approximate surface area is 211 Å². The molecule has 0 spiro atoms. The molecule has 1 aliphatic heterocycles. The van der Waals surface area contributed by atoms with Crippen molar-refractivity contribution >= 4 is 22.4 Å². The number of carbonyl (C=O) groups excluding carboxylic acids is 1. The largest absolute Gasteiger partial charge is 0.496 e. The van der Waals surface area contributed by atoms with Crippen molar-refractivity contribution in [3.05, 3.63) is 90.0 Å². The minimum absolute atomic E-state index is 0.0316. The average Bonchev–Trinajstić information content (AvgIpc) is 3.32. The summed E-state index contributed by atoms with van der Waals surface area (Å²) in [5, 5.41) is 1.000. The molecule has 4 aromatic rings. The number of carbonyl (C=O) groups is 1. The number of pyridine rings is 1. The minimum Gasteiger partial charge on any atom is -0.496 e. The highest BCUT2D eigenvalue weighted by Gasteiger charge is 2.21. The number of piperazine rings is 1. The van der Waals surface area contributed by atoms with Crippen LogP contribution < -0.4 is 4.74 Å². The number of rotatable bonds is 6. The summed E-state index contributed by atoms with van der Waals surface area (Å²) in [6, 6.07) is 16.4. The van der Waals surface area contributed by atoms with Gasteiger partial charge in [-0.25, -0.2) is 0 Å². The highest BCUT2D eigenvalue weighted by Crippen LogP contribution is 2.37. The van der Waals surface area contributed by atoms with Gasteiger partial charge in [0.15, 0.2) is 0 Å². The molecule has 1 amide bonds. The molecule has 1 aliphatic rings. The van der Waals surface area contributed by atoms with Gasteiger partial charge in [0.2, 0.25) is 5.91 Å². The Morgan fingerprint density at radius 2 is 1.78 bits per heavy atom. The number of aryl methyl sites for hydroxylation is 1. The first kappa shape index (κ1) is 23.8. The molecule has 0 radical (unpaired) electrons. The second kappa shape index (κ2) is 10.4. The van der Waals surface area contributed by atoms with Gasteiger partial charge in [0, 0.05) is 73.8 Å². The van der Waals surface area contributed by atoms with Gasteiger partial charge in [0.05, 0.1) is 13.4 Å². The number of allylic oxidation sites excluding steroid dienone is 1. The van der Waals surface area contributed by atoms with Gasteiger partial charge >= 0.3 is 0 Å². The number of amides is 1. The van der Waals surface area contributed by atoms with Crippen LogP contribution in [0.5, 0.6) is 5.75 Å². The van der Waals surface area contributed by atoms with Crippen molar-refractivity contribution in [2.75, 3.05) is 33.3 Å². The maximum Gasteiger partial charge on any atom is 0.246 e. The first-order valence-electron chi connectivity index (χ1n) is 12.3. The third-order valence-corrected chi connectivity index (χ3v) is 6.86. The van der Waals surface area contributed by atoms with E-state index in [2.05, 4.69) is 47.1 Å². The summed E-state index contributed by atoms with van der Waals surface area (Å²) >= 11 is 0. The molecule has 6 nitrogen and oxygen atoms in total. The summed E-state index contributed by atoms with van der Waals surface area (Å²) in [5.74, 6) is 0.722. The van der Waals surface area contributed by atoms with E-state index in [9.17, 15) is 4.79 Å². The summed E-state index contributed by atoms with van der Waals surface area (Å²) in [4.78, 5) is 21.5. The summed E-state index contributed by atoms with van der Waals surface area (Å²) in [6.07, 6.45) is 7.16. The number of methoxy groups -OCH3 is 1. The van der Waals surface area contributed by atoms with Gasteiger partial charge in [-0.05, 0) is 48.7 Å². The molecule has 0 saturated carbocycles. The number of ether oxygens (including phenoxy) is 1. The van der Waals surface area contributed by atoms with Crippen LogP contribution >= 0.6 is 0 Å². The number of benzene rings is 2. The van der Waals surface area contributed by atoms with Crippen molar-refractivity contribution in [3.63, 3.8) is 0 Å². The molecule has 5 rings (SSSR count). The molecule has 2 aromatic carbocycles. The fourth-order valence-corrected chi connectivity index (χ4v) is 4.72. The van der Waals surface area contributed by atoms with Crippen molar-refractivity contribution in [2.24, 2.45) is 0 Å². The fraction of sp³-hybridized carbons (Fsp3) is 0.267. The molecule has 2 aromatic heterocycles. The molecule has 0 atom stereocenters. The van der Waals surface area contributed by atoms with Gasteiger partial charge in [0.1, 0.15) is 11.3 Å². The van der Waals surface area contributed by atoms with Gasteiger partial charge in [-0.1, -0.05) is 29.8 Å². The lowest BCUT2D eigenvalue weighted by Crippen LogP contribution is -2.47. The predicted molar refractivity (Wildman–Crippen MR) is 143 cm³/mol. The van der Waals surface area contributed by atoms with Crippen molar-refractivity contribution in [3.8, 4) is 16.9 Å². The Hall–Kier alpha value is -3.90. The highest BCUT2D eigenvalue weighted by molar-refractivity contribution is 6.00. The van der Waals surface area contributed by atoms with Crippen LogP contribution in [0.25, 0.3) is 27.7 Å². The lowest BCUT2D eigenvalue weighted by Gasteiger charge is -2.34. The average molecular weight is 482 g/mol. The summed E-state index contributed by atoms with van der Waals surface area (Å²) in [7, 11) is 1.64. The molecule has 0 unspecified atom stereocenters. The van der Waals surface area contributed by atoms with Crippen LogP contribution in [-0.2, 0) is 11.3 Å². The summed E-state index contributed by atoms with van der Waals surface area (Å²) < 4.78 is 11.5. The quantitative estimate of drug-likeness (QED) is 0.338. The molecule has 1 saturated heterocycles. The van der Waals surface area contributed by atoms with E-state index >= 15 is 0 Å². The van der Waals surface area contributed by atoms with E-state index in [4.69, 9.17) is 9.15 Å². The van der Waals surface area contributed by atoms with E-state index in [0.29, 0.717) is 18.8 Å². The standard InChI is InChI=1S/C30H31N3O3/c1-21-4-6-24(7-5-21)27-20-36-29-18-28(35-3)25(17-26(27)29)22(2)16-30(34)33-14-12-32(13-15-33)19-23-8-10-31-11-9-23/h4-11,16-18,20H,12-15,19H2,1-3H3/b22-16+. The van der Waals surface area contributed by atoms with Crippen LogP contribution in [0.15, 0.2) is 77.7 Å². The second-order valence-electron chi connectivity index (χ2n) is 9.35. The summed E-state index contributed by atoms with van der Waals surface area (Å²) in [5.41, 5.74) is 7.10. The van der Waals surface area contributed by atoms with Gasteiger partial charge in [-0.2, -0.15) is 0 Å². The van der Waals surface area contributed by atoms with Gasteiger partial charge in [-0.3, -0.25) is 14.7 Å². The van der Waals surface area contributed by atoms with E-state index in [1.165, 1.54) is 11.1 Å². The van der Waals surface area contributed by atoms with Crippen LogP contribution in [0.1, 0.15) is 23.6 Å². The van der Waals surface area contributed by atoms with E-state index in [1.54, 1.807) is 19.4 Å². The number of hydrogen-bond acceptors (Lipinski definition) is 5. The Bertz CT molecular complexity index is 1380. The van der Waals surface area contributed by atoms with E-state index in [-0.39, 0.29) is 5.91 Å². The van der Waals surface area contributed by atoms with Crippen molar-refractivity contribution in [1.29, 1.82) is 0 Å². The molecular formula is C30H31N3O3. The Balaban J connectivity index is 1.34. The van der Waals surface area contributed by atoms with E-state index < -0.39 is 0 Å². The normalized spacial score (nSPS) is 14.9. The molecule has 3 heterocycles. The zero-order valence-corrected chi connectivity index (χ0v) is 21.0. The number of nitrogens with zero attached hydrogens (tertiary/aromatic N) is 3. The van der Waals surface area contributed by atoms with Crippen LogP contribution in [-0.4, -0.2) is 54.0 Å². The monoisotopic (exact) mass is 481 g/mol. The lowest BCUT2D eigenvalue weighted by molar-refractivity contribution is -0.127. The maximum absolute atomic E-state index is 13.1. The zero-order chi connectivity index (χ0) is 25.1. The number of aromatic nitrogens is 1. The molecule has 184 valence electrons. The maximum atomic E-state index is 13.1. The molecular weight excluding hydrogens is 450 g/mol. The van der Waals surface area contributed by atoms with Crippen LogP contribution in [0.2, 0.25) is 0 Å². The third kappa shape index (κ3) is 5.04. The van der Waals surface area contributed by atoms with Crippen LogP contribution in [0.3, 0.4) is 0 Å². The SMILES string of the molecule is COc1cc2occ(-c3ccc(C)cc3)c2cc1/C(C)=C/C(=O)N1CCN(Cc2ccncc2)CC1.